The van der Waals surface area contributed by atoms with E-state index in [2.05, 4.69) is 51.3 Å². The Kier molecular flexibility index (Phi) is 6.86. The van der Waals surface area contributed by atoms with Crippen molar-refractivity contribution in [2.24, 2.45) is 0 Å². The van der Waals surface area contributed by atoms with Crippen LogP contribution in [0.5, 0.6) is 0 Å². The zero-order chi connectivity index (χ0) is 24.0. The Hall–Kier alpha value is -3.97. The third-order valence-corrected chi connectivity index (χ3v) is 6.44. The summed E-state index contributed by atoms with van der Waals surface area (Å²) >= 11 is 0. The number of pyridine rings is 1. The van der Waals surface area contributed by atoms with Gasteiger partial charge in [0, 0.05) is 61.7 Å². The third kappa shape index (κ3) is 5.41. The Bertz CT molecular complexity index is 1250. The number of aromatic nitrogens is 3. The van der Waals surface area contributed by atoms with Crippen molar-refractivity contribution in [1.82, 2.24) is 19.7 Å². The molecule has 1 N–H and O–H groups in total. The number of anilines is 2. The molecule has 0 radical (unpaired) electrons. The van der Waals surface area contributed by atoms with Gasteiger partial charge < -0.3 is 15.1 Å². The largest absolute Gasteiger partial charge is 0.369 e. The SMILES string of the molecule is CCN1CCN(c2ccc(NC(=O)c3cn(Cc4ccccc4)nc3-c3cccnc3)cc2)CC1. The Morgan fingerprint density at radius 3 is 2.40 bits per heavy atom. The fourth-order valence-electron chi connectivity index (χ4n) is 4.43. The summed E-state index contributed by atoms with van der Waals surface area (Å²) in [7, 11) is 0. The Morgan fingerprint density at radius 1 is 0.943 bits per heavy atom. The maximum absolute atomic E-state index is 13.3. The number of hydrogen-bond acceptors (Lipinski definition) is 5. The van der Waals surface area contributed by atoms with Crippen LogP contribution in [0.25, 0.3) is 11.3 Å². The van der Waals surface area contributed by atoms with Crippen molar-refractivity contribution in [3.8, 4) is 11.3 Å². The molecular weight excluding hydrogens is 436 g/mol. The first-order chi connectivity index (χ1) is 17.2. The van der Waals surface area contributed by atoms with E-state index in [9.17, 15) is 4.79 Å². The van der Waals surface area contributed by atoms with Crippen LogP contribution in [0.15, 0.2) is 85.3 Å². The summed E-state index contributed by atoms with van der Waals surface area (Å²) in [6.07, 6.45) is 5.26. The highest BCUT2D eigenvalue weighted by atomic mass is 16.1. The number of likely N-dealkylation sites (N-methyl/N-ethyl adjacent to an activating group) is 1. The Labute approximate surface area is 206 Å². The van der Waals surface area contributed by atoms with Crippen LogP contribution in [-0.2, 0) is 6.54 Å². The second-order valence-electron chi connectivity index (χ2n) is 8.74. The zero-order valence-corrected chi connectivity index (χ0v) is 20.0. The lowest BCUT2D eigenvalue weighted by molar-refractivity contribution is 0.102. The molecule has 35 heavy (non-hydrogen) atoms. The number of hydrogen-bond donors (Lipinski definition) is 1. The van der Waals surface area contributed by atoms with Crippen LogP contribution in [0, 0.1) is 0 Å². The van der Waals surface area contributed by atoms with Crippen molar-refractivity contribution in [3.05, 3.63) is 96.4 Å². The first kappa shape index (κ1) is 22.8. The zero-order valence-electron chi connectivity index (χ0n) is 20.0. The summed E-state index contributed by atoms with van der Waals surface area (Å²) in [6, 6.07) is 22.0. The number of rotatable bonds is 7. The molecule has 1 aliphatic rings. The highest BCUT2D eigenvalue weighted by Gasteiger charge is 2.19. The van der Waals surface area contributed by atoms with Crippen LogP contribution in [-0.4, -0.2) is 58.3 Å². The number of amides is 1. The molecule has 0 bridgehead atoms. The van der Waals surface area contributed by atoms with Gasteiger partial charge in [-0.1, -0.05) is 37.3 Å². The number of benzene rings is 2. The molecule has 0 atom stereocenters. The second kappa shape index (κ2) is 10.5. The number of nitrogens with zero attached hydrogens (tertiary/aromatic N) is 5. The van der Waals surface area contributed by atoms with E-state index in [4.69, 9.17) is 5.10 Å². The predicted octanol–water partition coefficient (Wildman–Crippen LogP) is 4.39. The van der Waals surface area contributed by atoms with Gasteiger partial charge in [-0.05, 0) is 48.5 Å². The molecule has 1 saturated heterocycles. The molecule has 178 valence electrons. The summed E-state index contributed by atoms with van der Waals surface area (Å²) < 4.78 is 1.81. The van der Waals surface area contributed by atoms with Gasteiger partial charge in [-0.2, -0.15) is 5.10 Å². The van der Waals surface area contributed by atoms with E-state index in [1.807, 2.05) is 53.3 Å². The van der Waals surface area contributed by atoms with E-state index in [1.54, 1.807) is 12.4 Å². The van der Waals surface area contributed by atoms with Crippen LogP contribution in [0.3, 0.4) is 0 Å². The number of carbonyl (C=O) groups excluding carboxylic acids is 1. The first-order valence-electron chi connectivity index (χ1n) is 12.1. The highest BCUT2D eigenvalue weighted by molar-refractivity contribution is 6.08. The van der Waals surface area contributed by atoms with Crippen LogP contribution in [0.1, 0.15) is 22.8 Å². The van der Waals surface area contributed by atoms with Crippen molar-refractivity contribution in [3.63, 3.8) is 0 Å². The van der Waals surface area contributed by atoms with Crippen LogP contribution >= 0.6 is 0 Å². The average molecular weight is 467 g/mol. The smallest absolute Gasteiger partial charge is 0.259 e. The van der Waals surface area contributed by atoms with Gasteiger partial charge in [0.25, 0.3) is 5.91 Å². The number of nitrogens with one attached hydrogen (secondary N) is 1. The molecule has 4 aromatic rings. The molecule has 0 unspecified atom stereocenters. The minimum absolute atomic E-state index is 0.188. The minimum Gasteiger partial charge on any atom is -0.369 e. The molecule has 1 aliphatic heterocycles. The topological polar surface area (TPSA) is 66.3 Å². The standard InChI is InChI=1S/C28H30N6O/c1-2-32-15-17-33(18-16-32)25-12-10-24(11-13-25)30-28(35)26-21-34(20-22-7-4-3-5-8-22)31-27(26)23-9-6-14-29-19-23/h3-14,19,21H,2,15-18,20H2,1H3,(H,30,35). The van der Waals surface area contributed by atoms with E-state index >= 15 is 0 Å². The molecule has 7 nitrogen and oxygen atoms in total. The van der Waals surface area contributed by atoms with Gasteiger partial charge in [0.1, 0.15) is 5.69 Å². The van der Waals surface area contributed by atoms with Gasteiger partial charge in [-0.25, -0.2) is 0 Å². The van der Waals surface area contributed by atoms with E-state index < -0.39 is 0 Å². The van der Waals surface area contributed by atoms with E-state index in [0.717, 1.165) is 49.5 Å². The van der Waals surface area contributed by atoms with Gasteiger partial charge in [0.05, 0.1) is 12.1 Å². The summed E-state index contributed by atoms with van der Waals surface area (Å²) in [5.74, 6) is -0.188. The molecule has 2 aromatic heterocycles. The van der Waals surface area contributed by atoms with Crippen LogP contribution < -0.4 is 10.2 Å². The lowest BCUT2D eigenvalue weighted by Crippen LogP contribution is -2.46. The van der Waals surface area contributed by atoms with Crippen LogP contribution in [0.2, 0.25) is 0 Å². The maximum atomic E-state index is 13.3. The molecule has 2 aromatic carbocycles. The van der Waals surface area contributed by atoms with Gasteiger partial charge in [-0.3, -0.25) is 14.5 Å². The van der Waals surface area contributed by atoms with Crippen molar-refractivity contribution in [2.75, 3.05) is 42.9 Å². The first-order valence-corrected chi connectivity index (χ1v) is 12.1. The Morgan fingerprint density at radius 2 is 1.71 bits per heavy atom. The Balaban J connectivity index is 1.34. The van der Waals surface area contributed by atoms with E-state index in [0.29, 0.717) is 17.8 Å². The van der Waals surface area contributed by atoms with Gasteiger partial charge in [-0.15, -0.1) is 0 Å². The quantitative estimate of drug-likeness (QED) is 0.438. The lowest BCUT2D eigenvalue weighted by atomic mass is 10.1. The lowest BCUT2D eigenvalue weighted by Gasteiger charge is -2.35. The van der Waals surface area contributed by atoms with Crippen LogP contribution in [0.4, 0.5) is 11.4 Å². The average Bonchev–Trinajstić information content (AvgIpc) is 3.34. The second-order valence-corrected chi connectivity index (χ2v) is 8.74. The molecular formula is C28H30N6O. The molecule has 1 amide bonds. The van der Waals surface area contributed by atoms with E-state index in [1.165, 1.54) is 5.69 Å². The summed E-state index contributed by atoms with van der Waals surface area (Å²) in [6.45, 7) is 8.10. The molecule has 1 fully saturated rings. The van der Waals surface area contributed by atoms with Crippen molar-refractivity contribution < 1.29 is 4.79 Å². The molecule has 0 spiro atoms. The van der Waals surface area contributed by atoms with Gasteiger partial charge >= 0.3 is 0 Å². The van der Waals surface area contributed by atoms with Gasteiger partial charge in [0.2, 0.25) is 0 Å². The van der Waals surface area contributed by atoms with E-state index in [-0.39, 0.29) is 5.91 Å². The third-order valence-electron chi connectivity index (χ3n) is 6.44. The highest BCUT2D eigenvalue weighted by Crippen LogP contribution is 2.24. The predicted molar refractivity (Wildman–Crippen MR) is 140 cm³/mol. The van der Waals surface area contributed by atoms with Crippen molar-refractivity contribution >= 4 is 17.3 Å². The fraction of sp³-hybridized carbons (Fsp3) is 0.250. The summed E-state index contributed by atoms with van der Waals surface area (Å²) in [4.78, 5) is 22.4. The van der Waals surface area contributed by atoms with Gasteiger partial charge in [0.15, 0.2) is 0 Å². The van der Waals surface area contributed by atoms with Crippen molar-refractivity contribution in [2.45, 2.75) is 13.5 Å². The summed E-state index contributed by atoms with van der Waals surface area (Å²) in [5.41, 5.74) is 5.02. The molecule has 0 saturated carbocycles. The molecule has 3 heterocycles. The maximum Gasteiger partial charge on any atom is 0.259 e. The number of piperazine rings is 1. The normalized spacial score (nSPS) is 14.1. The molecule has 5 rings (SSSR count). The monoisotopic (exact) mass is 466 g/mol. The van der Waals surface area contributed by atoms with Crippen molar-refractivity contribution in [1.29, 1.82) is 0 Å². The minimum atomic E-state index is -0.188. The molecule has 7 heteroatoms. The fourth-order valence-corrected chi connectivity index (χ4v) is 4.43. The number of carbonyl (C=O) groups is 1. The molecule has 0 aliphatic carbocycles. The summed E-state index contributed by atoms with van der Waals surface area (Å²) in [5, 5.41) is 7.78.